The first-order valence-corrected chi connectivity index (χ1v) is 8.71. The Morgan fingerprint density at radius 1 is 1.24 bits per heavy atom. The number of benzene rings is 1. The van der Waals surface area contributed by atoms with Crippen LogP contribution in [0.2, 0.25) is 0 Å². The van der Waals surface area contributed by atoms with E-state index in [4.69, 9.17) is 5.73 Å². The Kier molecular flexibility index (Phi) is 4.75. The molecule has 1 saturated heterocycles. The molecule has 21 heavy (non-hydrogen) atoms. The van der Waals surface area contributed by atoms with Crippen LogP contribution in [0.3, 0.4) is 0 Å². The molecule has 1 aromatic rings. The van der Waals surface area contributed by atoms with Gasteiger partial charge in [0, 0.05) is 17.8 Å². The molecule has 1 aliphatic heterocycles. The summed E-state index contributed by atoms with van der Waals surface area (Å²) >= 11 is 0. The molecular formula is C14H24N4O2S. The number of rotatable bonds is 4. The summed E-state index contributed by atoms with van der Waals surface area (Å²) in [5.41, 5.74) is 9.99. The van der Waals surface area contributed by atoms with Crippen molar-refractivity contribution in [3.8, 4) is 0 Å². The van der Waals surface area contributed by atoms with Crippen LogP contribution >= 0.6 is 0 Å². The molecule has 2 rings (SSSR count). The summed E-state index contributed by atoms with van der Waals surface area (Å²) in [7, 11) is -2.16. The molecule has 0 radical (unpaired) electrons. The maximum atomic E-state index is 12.2. The van der Waals surface area contributed by atoms with Crippen LogP contribution < -0.4 is 15.9 Å². The van der Waals surface area contributed by atoms with E-state index in [1.807, 2.05) is 0 Å². The van der Waals surface area contributed by atoms with E-state index < -0.39 is 10.0 Å². The van der Waals surface area contributed by atoms with Crippen LogP contribution in [0.5, 0.6) is 0 Å². The summed E-state index contributed by atoms with van der Waals surface area (Å²) in [5.74, 6) is 0. The highest BCUT2D eigenvalue weighted by Crippen LogP contribution is 2.28. The van der Waals surface area contributed by atoms with E-state index >= 15 is 0 Å². The van der Waals surface area contributed by atoms with E-state index in [0.29, 0.717) is 23.5 Å². The Hall–Kier alpha value is -1.31. The third-order valence-corrected chi connectivity index (χ3v) is 5.46. The van der Waals surface area contributed by atoms with Gasteiger partial charge in [-0.15, -0.1) is 0 Å². The molecule has 2 unspecified atom stereocenters. The highest BCUT2D eigenvalue weighted by Gasteiger charge is 2.26. The second-order valence-corrected chi connectivity index (χ2v) is 7.47. The van der Waals surface area contributed by atoms with Crippen LogP contribution in [0.4, 0.5) is 11.4 Å². The van der Waals surface area contributed by atoms with Gasteiger partial charge in [0.25, 0.3) is 0 Å². The van der Waals surface area contributed by atoms with Gasteiger partial charge in [0.15, 0.2) is 0 Å². The number of sulfonamides is 1. The Bertz CT molecular complexity index is 593. The van der Waals surface area contributed by atoms with Crippen molar-refractivity contribution in [2.24, 2.45) is 0 Å². The molecule has 1 aromatic carbocycles. The summed E-state index contributed by atoms with van der Waals surface area (Å²) in [6.07, 6.45) is 3.39. The van der Waals surface area contributed by atoms with Crippen LogP contribution in [0.15, 0.2) is 23.1 Å². The Balaban J connectivity index is 2.36. The van der Waals surface area contributed by atoms with Gasteiger partial charge in [-0.2, -0.15) is 0 Å². The smallest absolute Gasteiger partial charge is 0.242 e. The van der Waals surface area contributed by atoms with E-state index in [2.05, 4.69) is 29.0 Å². The largest absolute Gasteiger partial charge is 0.399 e. The van der Waals surface area contributed by atoms with Crippen molar-refractivity contribution in [3.05, 3.63) is 18.2 Å². The van der Waals surface area contributed by atoms with E-state index in [0.717, 1.165) is 12.8 Å². The summed E-state index contributed by atoms with van der Waals surface area (Å²) < 4.78 is 26.7. The van der Waals surface area contributed by atoms with Crippen molar-refractivity contribution in [2.75, 3.05) is 18.2 Å². The number of nitrogens with one attached hydrogen (secondary N) is 2. The number of nitrogen functional groups attached to an aromatic ring is 1. The van der Waals surface area contributed by atoms with Crippen molar-refractivity contribution < 1.29 is 8.42 Å². The third kappa shape index (κ3) is 3.48. The average Bonchev–Trinajstić information content (AvgIpc) is 2.44. The quantitative estimate of drug-likeness (QED) is 0.738. The maximum Gasteiger partial charge on any atom is 0.242 e. The lowest BCUT2D eigenvalue weighted by Gasteiger charge is -2.39. The van der Waals surface area contributed by atoms with Crippen molar-refractivity contribution in [3.63, 3.8) is 0 Å². The van der Waals surface area contributed by atoms with E-state index in [9.17, 15) is 8.42 Å². The zero-order chi connectivity index (χ0) is 15.6. The number of hydrazine groups is 1. The third-order valence-electron chi connectivity index (χ3n) is 4.01. The zero-order valence-electron chi connectivity index (χ0n) is 12.8. The number of piperidine rings is 1. The Labute approximate surface area is 126 Å². The highest BCUT2D eigenvalue weighted by molar-refractivity contribution is 7.89. The van der Waals surface area contributed by atoms with Crippen LogP contribution in [0.1, 0.15) is 33.1 Å². The zero-order valence-corrected chi connectivity index (χ0v) is 13.6. The van der Waals surface area contributed by atoms with Crippen molar-refractivity contribution in [1.82, 2.24) is 9.73 Å². The topological polar surface area (TPSA) is 87.5 Å². The summed E-state index contributed by atoms with van der Waals surface area (Å²) in [6, 6.07) is 5.62. The molecule has 0 amide bonds. The molecule has 1 fully saturated rings. The van der Waals surface area contributed by atoms with Gasteiger partial charge in [0.1, 0.15) is 4.90 Å². The second-order valence-electron chi connectivity index (χ2n) is 5.61. The average molecular weight is 312 g/mol. The SMILES string of the molecule is CNS(=O)(=O)c1cc(N)ccc1NN1C(C)CCCC1C. The van der Waals surface area contributed by atoms with Crippen LogP contribution in [0, 0.1) is 0 Å². The van der Waals surface area contributed by atoms with Gasteiger partial charge >= 0.3 is 0 Å². The van der Waals surface area contributed by atoms with Crippen LogP contribution in [-0.4, -0.2) is 32.6 Å². The molecule has 1 aliphatic rings. The van der Waals surface area contributed by atoms with Gasteiger partial charge in [-0.25, -0.2) is 18.1 Å². The number of hydrogen-bond donors (Lipinski definition) is 3. The van der Waals surface area contributed by atoms with Crippen LogP contribution in [0.25, 0.3) is 0 Å². The first kappa shape index (κ1) is 16.1. The van der Waals surface area contributed by atoms with Gasteiger partial charge in [-0.1, -0.05) is 6.42 Å². The molecular weight excluding hydrogens is 288 g/mol. The minimum absolute atomic E-state index is 0.176. The van der Waals surface area contributed by atoms with E-state index in [1.54, 1.807) is 12.1 Å². The van der Waals surface area contributed by atoms with E-state index in [1.165, 1.54) is 19.5 Å². The minimum atomic E-state index is -3.56. The molecule has 0 spiro atoms. The Morgan fingerprint density at radius 2 is 1.86 bits per heavy atom. The fraction of sp³-hybridized carbons (Fsp3) is 0.571. The van der Waals surface area contributed by atoms with Gasteiger partial charge in [0.2, 0.25) is 10.0 Å². The minimum Gasteiger partial charge on any atom is -0.399 e. The lowest BCUT2D eigenvalue weighted by molar-refractivity contribution is 0.135. The number of nitrogens with zero attached hydrogens (tertiary/aromatic N) is 1. The predicted molar refractivity (Wildman–Crippen MR) is 85.3 cm³/mol. The molecule has 2 atom stereocenters. The number of anilines is 2. The molecule has 1 heterocycles. The fourth-order valence-electron chi connectivity index (χ4n) is 2.74. The summed E-state index contributed by atoms with van der Waals surface area (Å²) in [6.45, 7) is 4.29. The molecule has 118 valence electrons. The molecule has 0 aliphatic carbocycles. The van der Waals surface area contributed by atoms with E-state index in [-0.39, 0.29) is 4.90 Å². The fourth-order valence-corrected chi connectivity index (χ4v) is 3.66. The maximum absolute atomic E-state index is 12.2. The van der Waals surface area contributed by atoms with Gasteiger partial charge in [0.05, 0.1) is 5.69 Å². The predicted octanol–water partition coefficient (Wildman–Crippen LogP) is 1.77. The summed E-state index contributed by atoms with van der Waals surface area (Å²) in [4.78, 5) is 0.176. The molecule has 6 nitrogen and oxygen atoms in total. The van der Waals surface area contributed by atoms with Gasteiger partial charge in [-0.3, -0.25) is 0 Å². The standard InChI is InChI=1S/C14H24N4O2S/c1-10-5-4-6-11(2)18(10)17-13-8-7-12(15)9-14(13)21(19,20)16-3/h7-11,16-17H,4-6,15H2,1-3H3. The molecule has 0 bridgehead atoms. The van der Waals surface area contributed by atoms with Crippen molar-refractivity contribution in [1.29, 1.82) is 0 Å². The second kappa shape index (κ2) is 6.21. The first-order valence-electron chi connectivity index (χ1n) is 7.23. The first-order chi connectivity index (χ1) is 9.85. The van der Waals surface area contributed by atoms with Crippen molar-refractivity contribution in [2.45, 2.75) is 50.1 Å². The molecule has 0 saturated carbocycles. The number of hydrogen-bond acceptors (Lipinski definition) is 5. The highest BCUT2D eigenvalue weighted by atomic mass is 32.2. The Morgan fingerprint density at radius 3 is 2.43 bits per heavy atom. The van der Waals surface area contributed by atoms with Crippen molar-refractivity contribution >= 4 is 21.4 Å². The van der Waals surface area contributed by atoms with Gasteiger partial charge in [-0.05, 0) is 51.9 Å². The monoisotopic (exact) mass is 312 g/mol. The molecule has 7 heteroatoms. The number of nitrogens with two attached hydrogens (primary N) is 1. The molecule has 0 aromatic heterocycles. The lowest BCUT2D eigenvalue weighted by Crippen LogP contribution is -2.47. The normalized spacial score (nSPS) is 24.0. The lowest BCUT2D eigenvalue weighted by atomic mass is 10.00. The van der Waals surface area contributed by atoms with Crippen LogP contribution in [-0.2, 0) is 10.0 Å². The van der Waals surface area contributed by atoms with Gasteiger partial charge < -0.3 is 11.2 Å². The summed E-state index contributed by atoms with van der Waals surface area (Å²) in [5, 5.41) is 2.13. The molecule has 4 N–H and O–H groups in total.